The molecule has 1 unspecified atom stereocenters. The quantitative estimate of drug-likeness (QED) is 0.781. The molecule has 1 N–H and O–H groups in total. The molecule has 104 valence electrons. The number of rotatable bonds is 8. The second-order valence-corrected chi connectivity index (χ2v) is 5.77. The minimum atomic E-state index is 0.114. The van der Waals surface area contributed by atoms with E-state index in [1.54, 1.807) is 11.3 Å². The molecule has 4 heteroatoms. The van der Waals surface area contributed by atoms with E-state index >= 15 is 0 Å². The van der Waals surface area contributed by atoms with Crippen LogP contribution in [-0.2, 0) is 6.61 Å². The fraction of sp³-hybridized carbons (Fsp3) is 0.786. The summed E-state index contributed by atoms with van der Waals surface area (Å²) in [5.41, 5.74) is 1.09. The normalized spacial score (nSPS) is 12.7. The van der Waals surface area contributed by atoms with Crippen LogP contribution in [0.15, 0.2) is 0 Å². The van der Waals surface area contributed by atoms with Crippen molar-refractivity contribution < 1.29 is 5.11 Å². The first-order valence-electron chi connectivity index (χ1n) is 7.03. The molecular formula is C14H26N2OS. The van der Waals surface area contributed by atoms with Crippen LogP contribution in [0.5, 0.6) is 0 Å². The number of aliphatic hydroxyl groups excluding tert-OH is 1. The molecular weight excluding hydrogens is 244 g/mol. The van der Waals surface area contributed by atoms with Crippen LogP contribution < -0.4 is 4.90 Å². The van der Waals surface area contributed by atoms with Gasteiger partial charge in [-0.05, 0) is 25.7 Å². The van der Waals surface area contributed by atoms with E-state index in [4.69, 9.17) is 4.98 Å². The molecule has 0 radical (unpaired) electrons. The Hall–Kier alpha value is -0.610. The van der Waals surface area contributed by atoms with Gasteiger partial charge in [-0.15, -0.1) is 0 Å². The summed E-state index contributed by atoms with van der Waals surface area (Å²) in [4.78, 5) is 8.12. The van der Waals surface area contributed by atoms with E-state index in [1.165, 1.54) is 12.8 Å². The van der Waals surface area contributed by atoms with Crippen molar-refractivity contribution in [1.82, 2.24) is 4.98 Å². The largest absolute Gasteiger partial charge is 0.391 e. The Bertz CT molecular complexity index is 352. The average Bonchev–Trinajstić information content (AvgIpc) is 2.83. The van der Waals surface area contributed by atoms with Crippen molar-refractivity contribution in [2.45, 2.75) is 59.5 Å². The van der Waals surface area contributed by atoms with Crippen LogP contribution in [0.25, 0.3) is 0 Å². The van der Waals surface area contributed by atoms with Gasteiger partial charge >= 0.3 is 0 Å². The summed E-state index contributed by atoms with van der Waals surface area (Å²) in [5.74, 6) is 0.432. The van der Waals surface area contributed by atoms with Crippen molar-refractivity contribution in [1.29, 1.82) is 0 Å². The van der Waals surface area contributed by atoms with E-state index in [0.29, 0.717) is 5.92 Å². The van der Waals surface area contributed by atoms with Gasteiger partial charge in [0.1, 0.15) is 0 Å². The first-order valence-corrected chi connectivity index (χ1v) is 7.84. The van der Waals surface area contributed by atoms with Crippen LogP contribution in [0.4, 0.5) is 5.13 Å². The Kier molecular flexibility index (Phi) is 6.65. The molecule has 0 saturated carbocycles. The van der Waals surface area contributed by atoms with E-state index in [2.05, 4.69) is 32.6 Å². The molecule has 0 aliphatic heterocycles. The Balaban J connectivity index is 2.91. The molecule has 1 aromatic heterocycles. The van der Waals surface area contributed by atoms with Crippen LogP contribution in [-0.4, -0.2) is 23.2 Å². The smallest absolute Gasteiger partial charge is 0.185 e. The summed E-state index contributed by atoms with van der Waals surface area (Å²) in [7, 11) is 0. The lowest BCUT2D eigenvalue weighted by atomic mass is 10.0. The van der Waals surface area contributed by atoms with Crippen molar-refractivity contribution in [2.75, 3.05) is 18.0 Å². The molecule has 0 bridgehead atoms. The number of hydrogen-bond donors (Lipinski definition) is 1. The van der Waals surface area contributed by atoms with Crippen molar-refractivity contribution in [3.63, 3.8) is 0 Å². The lowest BCUT2D eigenvalue weighted by molar-refractivity contribution is 0.283. The number of anilines is 1. The van der Waals surface area contributed by atoms with Gasteiger partial charge in [0.25, 0.3) is 0 Å². The second kappa shape index (κ2) is 7.74. The molecule has 1 heterocycles. The standard InChI is InChI=1S/C14H26N2OS/c1-5-8-9-16(7-3)14-15-13(11(4)6-2)12(10-17)18-14/h11,17H,5-10H2,1-4H3. The number of aromatic nitrogens is 1. The highest BCUT2D eigenvalue weighted by Crippen LogP contribution is 2.32. The maximum atomic E-state index is 9.46. The number of nitrogens with zero attached hydrogens (tertiary/aromatic N) is 2. The molecule has 1 atom stereocenters. The van der Waals surface area contributed by atoms with Crippen molar-refractivity contribution >= 4 is 16.5 Å². The lowest BCUT2D eigenvalue weighted by Gasteiger charge is -2.19. The zero-order valence-electron chi connectivity index (χ0n) is 12.1. The Morgan fingerprint density at radius 1 is 1.33 bits per heavy atom. The number of aliphatic hydroxyl groups is 1. The fourth-order valence-corrected chi connectivity index (χ4v) is 3.05. The second-order valence-electron chi connectivity index (χ2n) is 4.71. The minimum absolute atomic E-state index is 0.114. The predicted molar refractivity (Wildman–Crippen MR) is 79.5 cm³/mol. The van der Waals surface area contributed by atoms with E-state index in [-0.39, 0.29) is 6.61 Å². The monoisotopic (exact) mass is 270 g/mol. The van der Waals surface area contributed by atoms with Crippen molar-refractivity contribution in [3.05, 3.63) is 10.6 Å². The molecule has 0 aromatic carbocycles. The van der Waals surface area contributed by atoms with Crippen LogP contribution in [0.1, 0.15) is 63.4 Å². The Morgan fingerprint density at radius 2 is 2.06 bits per heavy atom. The summed E-state index contributed by atoms with van der Waals surface area (Å²) >= 11 is 1.65. The van der Waals surface area contributed by atoms with Gasteiger partial charge in [0, 0.05) is 13.1 Å². The van der Waals surface area contributed by atoms with Gasteiger partial charge in [-0.25, -0.2) is 4.98 Å². The summed E-state index contributed by atoms with van der Waals surface area (Å²) in [5, 5.41) is 10.5. The van der Waals surface area contributed by atoms with Gasteiger partial charge in [0.05, 0.1) is 17.2 Å². The number of thiazole rings is 1. The van der Waals surface area contributed by atoms with Gasteiger partial charge in [-0.3, -0.25) is 0 Å². The molecule has 0 aliphatic rings. The maximum Gasteiger partial charge on any atom is 0.185 e. The van der Waals surface area contributed by atoms with Gasteiger partial charge in [-0.1, -0.05) is 38.5 Å². The third-order valence-electron chi connectivity index (χ3n) is 3.37. The zero-order chi connectivity index (χ0) is 13.5. The highest BCUT2D eigenvalue weighted by molar-refractivity contribution is 7.15. The van der Waals surface area contributed by atoms with Crippen molar-refractivity contribution in [2.24, 2.45) is 0 Å². The SMILES string of the molecule is CCCCN(CC)c1nc(C(C)CC)c(CO)s1. The summed E-state index contributed by atoms with van der Waals surface area (Å²) in [6.07, 6.45) is 3.46. The molecule has 0 spiro atoms. The molecule has 0 amide bonds. The number of unbranched alkanes of at least 4 members (excludes halogenated alkanes) is 1. The third kappa shape index (κ3) is 3.69. The third-order valence-corrected chi connectivity index (χ3v) is 4.49. The Labute approximate surface area is 115 Å². The summed E-state index contributed by atoms with van der Waals surface area (Å²) in [6.45, 7) is 10.9. The van der Waals surface area contributed by atoms with Gasteiger partial charge in [0.15, 0.2) is 5.13 Å². The van der Waals surface area contributed by atoms with E-state index in [1.807, 2.05) is 0 Å². The van der Waals surface area contributed by atoms with Crippen LogP contribution >= 0.6 is 11.3 Å². The summed E-state index contributed by atoms with van der Waals surface area (Å²) in [6, 6.07) is 0. The van der Waals surface area contributed by atoms with Gasteiger partial charge in [-0.2, -0.15) is 0 Å². The van der Waals surface area contributed by atoms with Crippen molar-refractivity contribution in [3.8, 4) is 0 Å². The van der Waals surface area contributed by atoms with E-state index in [0.717, 1.165) is 35.2 Å². The van der Waals surface area contributed by atoms with E-state index < -0.39 is 0 Å². The first kappa shape index (κ1) is 15.4. The Morgan fingerprint density at radius 3 is 2.56 bits per heavy atom. The molecule has 18 heavy (non-hydrogen) atoms. The fourth-order valence-electron chi connectivity index (χ4n) is 1.92. The lowest BCUT2D eigenvalue weighted by Crippen LogP contribution is -2.23. The molecule has 0 fully saturated rings. The highest BCUT2D eigenvalue weighted by atomic mass is 32.1. The molecule has 1 rings (SSSR count). The summed E-state index contributed by atoms with van der Waals surface area (Å²) < 4.78 is 0. The topological polar surface area (TPSA) is 36.4 Å². The first-order chi connectivity index (χ1) is 8.67. The van der Waals surface area contributed by atoms with Crippen LogP contribution in [0.3, 0.4) is 0 Å². The molecule has 0 saturated heterocycles. The average molecular weight is 270 g/mol. The zero-order valence-corrected chi connectivity index (χ0v) is 12.9. The number of hydrogen-bond acceptors (Lipinski definition) is 4. The molecule has 0 aliphatic carbocycles. The molecule has 3 nitrogen and oxygen atoms in total. The minimum Gasteiger partial charge on any atom is -0.391 e. The predicted octanol–water partition coefficient (Wildman–Crippen LogP) is 3.78. The highest BCUT2D eigenvalue weighted by Gasteiger charge is 2.18. The van der Waals surface area contributed by atoms with Crippen LogP contribution in [0.2, 0.25) is 0 Å². The molecule has 1 aromatic rings. The van der Waals surface area contributed by atoms with E-state index in [9.17, 15) is 5.11 Å². The van der Waals surface area contributed by atoms with Crippen LogP contribution in [0, 0.1) is 0 Å². The maximum absolute atomic E-state index is 9.46. The van der Waals surface area contributed by atoms with Gasteiger partial charge < -0.3 is 10.0 Å². The van der Waals surface area contributed by atoms with Gasteiger partial charge in [0.2, 0.25) is 0 Å².